The minimum Gasteiger partial charge on any atom is -0.319 e. The van der Waals surface area contributed by atoms with Crippen molar-refractivity contribution < 1.29 is 0 Å². The number of hydrogen-bond acceptors (Lipinski definition) is 2. The van der Waals surface area contributed by atoms with Crippen molar-refractivity contribution in [2.45, 2.75) is 52.5 Å². The summed E-state index contributed by atoms with van der Waals surface area (Å²) in [6, 6.07) is 2.26. The zero-order valence-electron chi connectivity index (χ0n) is 11.3. The molecule has 92 valence electrons. The Bertz CT molecular complexity index is 320. The van der Waals surface area contributed by atoms with Crippen LogP contribution in [-0.2, 0) is 18.4 Å². The van der Waals surface area contributed by atoms with Crippen LogP contribution >= 0.6 is 0 Å². The molecule has 0 aliphatic heterocycles. The third-order valence-corrected chi connectivity index (χ3v) is 2.61. The van der Waals surface area contributed by atoms with Crippen LogP contribution in [-0.4, -0.2) is 23.4 Å². The van der Waals surface area contributed by atoms with Crippen LogP contribution in [0.1, 0.15) is 45.5 Å². The average molecular weight is 223 g/mol. The number of nitrogens with zero attached hydrogens (tertiary/aromatic N) is 2. The lowest BCUT2D eigenvalue weighted by atomic mass is 10.1. The Morgan fingerprint density at radius 1 is 1.31 bits per heavy atom. The highest BCUT2D eigenvalue weighted by Gasteiger charge is 2.18. The van der Waals surface area contributed by atoms with Gasteiger partial charge in [-0.15, -0.1) is 0 Å². The fourth-order valence-corrected chi connectivity index (χ4v) is 1.87. The van der Waals surface area contributed by atoms with Crippen LogP contribution in [0.15, 0.2) is 6.07 Å². The fourth-order valence-electron chi connectivity index (χ4n) is 1.87. The van der Waals surface area contributed by atoms with Crippen molar-refractivity contribution in [2.24, 2.45) is 0 Å². The van der Waals surface area contributed by atoms with Crippen molar-refractivity contribution in [2.75, 3.05) is 13.6 Å². The third kappa shape index (κ3) is 3.34. The molecule has 0 unspecified atom stereocenters. The van der Waals surface area contributed by atoms with Gasteiger partial charge in [-0.25, -0.2) is 0 Å². The standard InChI is InChI=1S/C13H25N3/c1-6-7-12-10-11(8-9-14-5)15-16(12)13(2,3)4/h10,14H,6-9H2,1-5H3. The van der Waals surface area contributed by atoms with Gasteiger partial charge in [0, 0.05) is 18.7 Å². The van der Waals surface area contributed by atoms with E-state index in [4.69, 9.17) is 5.10 Å². The summed E-state index contributed by atoms with van der Waals surface area (Å²) in [5.41, 5.74) is 2.65. The van der Waals surface area contributed by atoms with Crippen LogP contribution in [0, 0.1) is 0 Å². The Morgan fingerprint density at radius 3 is 2.50 bits per heavy atom. The molecule has 0 amide bonds. The lowest BCUT2D eigenvalue weighted by Crippen LogP contribution is -2.25. The predicted molar refractivity (Wildman–Crippen MR) is 68.8 cm³/mol. The molecule has 1 aromatic rings. The molecular formula is C13H25N3. The molecular weight excluding hydrogens is 198 g/mol. The molecule has 0 aliphatic rings. The van der Waals surface area contributed by atoms with Gasteiger partial charge >= 0.3 is 0 Å². The van der Waals surface area contributed by atoms with E-state index in [2.05, 4.69) is 43.8 Å². The van der Waals surface area contributed by atoms with Gasteiger partial charge in [0.1, 0.15) is 0 Å². The van der Waals surface area contributed by atoms with Crippen molar-refractivity contribution in [3.63, 3.8) is 0 Å². The normalized spacial score (nSPS) is 12.1. The first kappa shape index (κ1) is 13.2. The second-order valence-electron chi connectivity index (χ2n) is 5.31. The first-order valence-electron chi connectivity index (χ1n) is 6.22. The molecule has 0 aliphatic carbocycles. The highest BCUT2D eigenvalue weighted by Crippen LogP contribution is 2.18. The highest BCUT2D eigenvalue weighted by atomic mass is 15.3. The number of nitrogens with one attached hydrogen (secondary N) is 1. The summed E-state index contributed by atoms with van der Waals surface area (Å²) in [5.74, 6) is 0. The highest BCUT2D eigenvalue weighted by molar-refractivity contribution is 5.13. The number of hydrogen-bond donors (Lipinski definition) is 1. The molecule has 3 nitrogen and oxygen atoms in total. The van der Waals surface area contributed by atoms with Crippen LogP contribution in [0.25, 0.3) is 0 Å². The van der Waals surface area contributed by atoms with Gasteiger partial charge in [-0.1, -0.05) is 13.3 Å². The second-order valence-corrected chi connectivity index (χ2v) is 5.31. The molecule has 1 heterocycles. The number of likely N-dealkylation sites (N-methyl/N-ethyl adjacent to an activating group) is 1. The second kappa shape index (κ2) is 5.48. The lowest BCUT2D eigenvalue weighted by molar-refractivity contribution is 0.341. The minimum absolute atomic E-state index is 0.0857. The summed E-state index contributed by atoms with van der Waals surface area (Å²) in [4.78, 5) is 0. The van der Waals surface area contributed by atoms with Gasteiger partial charge in [0.25, 0.3) is 0 Å². The van der Waals surface area contributed by atoms with Crippen molar-refractivity contribution >= 4 is 0 Å². The van der Waals surface area contributed by atoms with Gasteiger partial charge < -0.3 is 5.32 Å². The molecule has 0 spiro atoms. The quantitative estimate of drug-likeness (QED) is 0.830. The van der Waals surface area contributed by atoms with Crippen LogP contribution < -0.4 is 5.32 Å². The Morgan fingerprint density at radius 2 is 2.00 bits per heavy atom. The van der Waals surface area contributed by atoms with Gasteiger partial charge in [-0.2, -0.15) is 5.10 Å². The zero-order valence-corrected chi connectivity index (χ0v) is 11.3. The lowest BCUT2D eigenvalue weighted by Gasteiger charge is -2.22. The third-order valence-electron chi connectivity index (χ3n) is 2.61. The minimum atomic E-state index is 0.0857. The smallest absolute Gasteiger partial charge is 0.0640 e. The van der Waals surface area contributed by atoms with E-state index in [0.29, 0.717) is 0 Å². The zero-order chi connectivity index (χ0) is 12.2. The summed E-state index contributed by atoms with van der Waals surface area (Å²) in [7, 11) is 1.98. The molecule has 16 heavy (non-hydrogen) atoms. The number of rotatable bonds is 5. The molecule has 0 saturated heterocycles. The summed E-state index contributed by atoms with van der Waals surface area (Å²) in [6.07, 6.45) is 3.30. The Labute approximate surface area is 99.2 Å². The Hall–Kier alpha value is -0.830. The van der Waals surface area contributed by atoms with Crippen LogP contribution in [0.3, 0.4) is 0 Å². The molecule has 0 fully saturated rings. The SMILES string of the molecule is CCCc1cc(CCNC)nn1C(C)(C)C. The van der Waals surface area contributed by atoms with Gasteiger partial charge in [0.2, 0.25) is 0 Å². The van der Waals surface area contributed by atoms with Crippen LogP contribution in [0.5, 0.6) is 0 Å². The molecule has 1 aromatic heterocycles. The van der Waals surface area contributed by atoms with Crippen molar-refractivity contribution in [3.05, 3.63) is 17.5 Å². The Kier molecular flexibility index (Phi) is 4.54. The summed E-state index contributed by atoms with van der Waals surface area (Å²) >= 11 is 0. The van der Waals surface area contributed by atoms with E-state index < -0.39 is 0 Å². The van der Waals surface area contributed by atoms with Gasteiger partial charge in [-0.3, -0.25) is 4.68 Å². The van der Waals surface area contributed by atoms with Crippen LogP contribution in [0.2, 0.25) is 0 Å². The van der Waals surface area contributed by atoms with Crippen molar-refractivity contribution in [1.29, 1.82) is 0 Å². The first-order valence-corrected chi connectivity index (χ1v) is 6.22. The maximum Gasteiger partial charge on any atom is 0.0640 e. The van der Waals surface area contributed by atoms with E-state index >= 15 is 0 Å². The summed E-state index contributed by atoms with van der Waals surface area (Å²) in [5, 5.41) is 7.88. The summed E-state index contributed by atoms with van der Waals surface area (Å²) in [6.45, 7) is 9.84. The van der Waals surface area contributed by atoms with E-state index in [1.165, 1.54) is 17.8 Å². The number of aromatic nitrogens is 2. The van der Waals surface area contributed by atoms with Crippen LogP contribution in [0.4, 0.5) is 0 Å². The van der Waals surface area contributed by atoms with Crippen molar-refractivity contribution in [1.82, 2.24) is 15.1 Å². The van der Waals surface area contributed by atoms with Gasteiger partial charge in [-0.05, 0) is 40.3 Å². The molecule has 3 heteroatoms. The average Bonchev–Trinajstić information content (AvgIpc) is 2.58. The maximum absolute atomic E-state index is 4.71. The van der Waals surface area contributed by atoms with E-state index in [-0.39, 0.29) is 5.54 Å². The molecule has 0 radical (unpaired) electrons. The predicted octanol–water partition coefficient (Wildman–Crippen LogP) is 2.35. The first-order chi connectivity index (χ1) is 7.49. The Balaban J connectivity index is 2.91. The molecule has 1 rings (SSSR count). The molecule has 0 atom stereocenters. The van der Waals surface area contributed by atoms with Gasteiger partial charge in [0.05, 0.1) is 11.2 Å². The molecule has 1 N–H and O–H groups in total. The van der Waals surface area contributed by atoms with E-state index in [1.807, 2.05) is 7.05 Å². The fraction of sp³-hybridized carbons (Fsp3) is 0.769. The van der Waals surface area contributed by atoms with Crippen molar-refractivity contribution in [3.8, 4) is 0 Å². The van der Waals surface area contributed by atoms with E-state index in [9.17, 15) is 0 Å². The summed E-state index contributed by atoms with van der Waals surface area (Å²) < 4.78 is 2.18. The number of aryl methyl sites for hydroxylation is 1. The molecule has 0 saturated carbocycles. The van der Waals surface area contributed by atoms with E-state index in [1.54, 1.807) is 0 Å². The van der Waals surface area contributed by atoms with E-state index in [0.717, 1.165) is 19.4 Å². The largest absolute Gasteiger partial charge is 0.319 e. The van der Waals surface area contributed by atoms with Gasteiger partial charge in [0.15, 0.2) is 0 Å². The monoisotopic (exact) mass is 223 g/mol. The topological polar surface area (TPSA) is 29.9 Å². The molecule has 0 aromatic carbocycles. The maximum atomic E-state index is 4.71. The molecule has 0 bridgehead atoms.